The van der Waals surface area contributed by atoms with Crippen LogP contribution in [0.15, 0.2) is 12.3 Å². The molecule has 1 fully saturated rings. The molecule has 0 radical (unpaired) electrons. The van der Waals surface area contributed by atoms with E-state index in [0.29, 0.717) is 18.7 Å². The van der Waals surface area contributed by atoms with E-state index in [0.717, 1.165) is 5.56 Å². The third kappa shape index (κ3) is 3.06. The molecule has 2 heterocycles. The van der Waals surface area contributed by atoms with Crippen molar-refractivity contribution in [2.24, 2.45) is 0 Å². The molecule has 0 unspecified atom stereocenters. The zero-order valence-corrected chi connectivity index (χ0v) is 12.3. The van der Waals surface area contributed by atoms with Gasteiger partial charge in [0.2, 0.25) is 5.82 Å². The average molecular weight is 299 g/mol. The predicted molar refractivity (Wildman–Crippen MR) is 75.7 cm³/mol. The minimum absolute atomic E-state index is 0.0348. The second-order valence-electron chi connectivity index (χ2n) is 5.11. The Balaban J connectivity index is 2.26. The van der Waals surface area contributed by atoms with E-state index >= 15 is 0 Å². The van der Waals surface area contributed by atoms with Crippen LogP contribution in [0.25, 0.3) is 0 Å². The molecule has 1 aliphatic rings. The number of sulfone groups is 1. The van der Waals surface area contributed by atoms with Crippen LogP contribution in [-0.4, -0.2) is 42.9 Å². The molecule has 1 aromatic heterocycles. The van der Waals surface area contributed by atoms with Crippen molar-refractivity contribution in [2.75, 3.05) is 23.5 Å². The lowest BCUT2D eigenvalue weighted by Crippen LogP contribution is -2.39. The first kappa shape index (κ1) is 14.7. The average Bonchev–Trinajstić information content (AvgIpc) is 2.37. The number of anilines is 1. The maximum absolute atomic E-state index is 11.4. The van der Waals surface area contributed by atoms with E-state index in [-0.39, 0.29) is 23.2 Å². The smallest absolute Gasteiger partial charge is 0.311 e. The number of nitrogens with zero attached hydrogens (tertiary/aromatic N) is 3. The summed E-state index contributed by atoms with van der Waals surface area (Å²) in [4.78, 5) is 16.5. The topological polar surface area (TPSA) is 93.4 Å². The normalized spacial score (nSPS) is 18.7. The van der Waals surface area contributed by atoms with Crippen molar-refractivity contribution in [3.8, 4) is 0 Å². The summed E-state index contributed by atoms with van der Waals surface area (Å²) in [7, 11) is -1.22. The van der Waals surface area contributed by atoms with E-state index in [1.54, 1.807) is 25.1 Å². The molecule has 7 nitrogen and oxygen atoms in total. The number of pyridine rings is 1. The number of aromatic nitrogens is 1. The minimum Gasteiger partial charge on any atom is -0.351 e. The van der Waals surface area contributed by atoms with Gasteiger partial charge in [-0.1, -0.05) is 0 Å². The van der Waals surface area contributed by atoms with Gasteiger partial charge in [-0.3, -0.25) is 10.1 Å². The van der Waals surface area contributed by atoms with Crippen LogP contribution >= 0.6 is 0 Å². The summed E-state index contributed by atoms with van der Waals surface area (Å²) in [5.74, 6) is 0.550. The molecule has 0 aliphatic carbocycles. The molecule has 1 aromatic rings. The SMILES string of the molecule is Cc1cnc(N(C)C2CCS(=O)(=O)CC2)c([N+](=O)[O-])c1. The summed E-state index contributed by atoms with van der Waals surface area (Å²) in [5.41, 5.74) is 0.681. The Morgan fingerprint density at radius 2 is 2.00 bits per heavy atom. The van der Waals surface area contributed by atoms with E-state index in [1.807, 2.05) is 0 Å². The minimum atomic E-state index is -2.95. The Bertz CT molecular complexity index is 616. The van der Waals surface area contributed by atoms with E-state index in [1.165, 1.54) is 6.07 Å². The summed E-state index contributed by atoms with van der Waals surface area (Å²) in [6, 6.07) is 1.45. The highest BCUT2D eigenvalue weighted by atomic mass is 32.2. The van der Waals surface area contributed by atoms with E-state index in [9.17, 15) is 18.5 Å². The van der Waals surface area contributed by atoms with Gasteiger partial charge < -0.3 is 4.90 Å². The number of hydrogen-bond acceptors (Lipinski definition) is 6. The van der Waals surface area contributed by atoms with Crippen LogP contribution in [0.3, 0.4) is 0 Å². The molecule has 0 spiro atoms. The molecule has 0 N–H and O–H groups in total. The highest BCUT2D eigenvalue weighted by Gasteiger charge is 2.30. The summed E-state index contributed by atoms with van der Waals surface area (Å²) in [6.45, 7) is 1.75. The Morgan fingerprint density at radius 1 is 1.40 bits per heavy atom. The van der Waals surface area contributed by atoms with Crippen molar-refractivity contribution in [3.05, 3.63) is 27.9 Å². The summed E-state index contributed by atoms with van der Waals surface area (Å²) >= 11 is 0. The third-order valence-electron chi connectivity index (χ3n) is 3.59. The zero-order chi connectivity index (χ0) is 14.9. The molecule has 2 rings (SSSR count). The Hall–Kier alpha value is -1.70. The monoisotopic (exact) mass is 299 g/mol. The van der Waals surface area contributed by atoms with Crippen LogP contribution in [0, 0.1) is 17.0 Å². The molecule has 0 bridgehead atoms. The van der Waals surface area contributed by atoms with Crippen molar-refractivity contribution in [3.63, 3.8) is 0 Å². The molecule has 1 saturated heterocycles. The van der Waals surface area contributed by atoms with Gasteiger partial charge in [-0.25, -0.2) is 13.4 Å². The van der Waals surface area contributed by atoms with Crippen LogP contribution in [0.1, 0.15) is 18.4 Å². The Kier molecular flexibility index (Phi) is 3.94. The van der Waals surface area contributed by atoms with E-state index in [2.05, 4.69) is 4.98 Å². The number of rotatable bonds is 3. The lowest BCUT2D eigenvalue weighted by atomic mass is 10.1. The summed E-state index contributed by atoms with van der Waals surface area (Å²) < 4.78 is 22.9. The first-order valence-electron chi connectivity index (χ1n) is 6.34. The predicted octanol–water partition coefficient (Wildman–Crippen LogP) is 1.31. The first-order valence-corrected chi connectivity index (χ1v) is 8.16. The van der Waals surface area contributed by atoms with Gasteiger partial charge in [-0.2, -0.15) is 0 Å². The quantitative estimate of drug-likeness (QED) is 0.617. The maximum Gasteiger partial charge on any atom is 0.311 e. The van der Waals surface area contributed by atoms with Crippen LogP contribution in [-0.2, 0) is 9.84 Å². The van der Waals surface area contributed by atoms with Crippen LogP contribution in [0.4, 0.5) is 11.5 Å². The molecule has 0 atom stereocenters. The zero-order valence-electron chi connectivity index (χ0n) is 11.4. The molecule has 1 aliphatic heterocycles. The van der Waals surface area contributed by atoms with Crippen molar-refractivity contribution in [1.82, 2.24) is 4.98 Å². The Labute approximate surface area is 117 Å². The van der Waals surface area contributed by atoms with Gasteiger partial charge in [0.25, 0.3) is 0 Å². The molecule has 20 heavy (non-hydrogen) atoms. The second-order valence-corrected chi connectivity index (χ2v) is 7.41. The fraction of sp³-hybridized carbons (Fsp3) is 0.583. The summed E-state index contributed by atoms with van der Waals surface area (Å²) in [6.07, 6.45) is 2.54. The number of aryl methyl sites for hydroxylation is 1. The summed E-state index contributed by atoms with van der Waals surface area (Å²) in [5, 5.41) is 11.1. The maximum atomic E-state index is 11.4. The molecular weight excluding hydrogens is 282 g/mol. The number of hydrogen-bond donors (Lipinski definition) is 0. The fourth-order valence-electron chi connectivity index (χ4n) is 2.39. The molecular formula is C12H17N3O4S. The van der Waals surface area contributed by atoms with Crippen LogP contribution in [0.2, 0.25) is 0 Å². The van der Waals surface area contributed by atoms with Gasteiger partial charge in [0.15, 0.2) is 0 Å². The molecule has 110 valence electrons. The molecule has 0 amide bonds. The van der Waals surface area contributed by atoms with Gasteiger partial charge in [0.05, 0.1) is 16.4 Å². The van der Waals surface area contributed by atoms with Gasteiger partial charge >= 0.3 is 5.69 Å². The number of nitro groups is 1. The van der Waals surface area contributed by atoms with Crippen LogP contribution in [0.5, 0.6) is 0 Å². The van der Waals surface area contributed by atoms with Gasteiger partial charge in [-0.05, 0) is 25.3 Å². The largest absolute Gasteiger partial charge is 0.351 e. The first-order chi connectivity index (χ1) is 9.30. The van der Waals surface area contributed by atoms with Gasteiger partial charge in [0, 0.05) is 25.4 Å². The van der Waals surface area contributed by atoms with E-state index in [4.69, 9.17) is 0 Å². The van der Waals surface area contributed by atoms with Gasteiger partial charge in [-0.15, -0.1) is 0 Å². The van der Waals surface area contributed by atoms with Crippen LogP contribution < -0.4 is 4.90 Å². The highest BCUT2D eigenvalue weighted by Crippen LogP contribution is 2.29. The van der Waals surface area contributed by atoms with Crippen molar-refractivity contribution in [1.29, 1.82) is 0 Å². The third-order valence-corrected chi connectivity index (χ3v) is 5.30. The van der Waals surface area contributed by atoms with Crippen molar-refractivity contribution in [2.45, 2.75) is 25.8 Å². The van der Waals surface area contributed by atoms with E-state index < -0.39 is 14.8 Å². The Morgan fingerprint density at radius 3 is 2.55 bits per heavy atom. The van der Waals surface area contributed by atoms with Crippen molar-refractivity contribution >= 4 is 21.3 Å². The van der Waals surface area contributed by atoms with Crippen molar-refractivity contribution < 1.29 is 13.3 Å². The molecule has 0 saturated carbocycles. The van der Waals surface area contributed by atoms with Gasteiger partial charge in [0.1, 0.15) is 9.84 Å². The lowest BCUT2D eigenvalue weighted by molar-refractivity contribution is -0.384. The molecule has 8 heteroatoms. The fourth-order valence-corrected chi connectivity index (χ4v) is 3.86. The standard InChI is InChI=1S/C12H17N3O4S/c1-9-7-11(15(16)17)12(13-8-9)14(2)10-3-5-20(18,19)6-4-10/h7-8,10H,3-6H2,1-2H3. The lowest BCUT2D eigenvalue weighted by Gasteiger charge is -2.31. The molecule has 0 aromatic carbocycles. The second kappa shape index (κ2) is 5.35. The highest BCUT2D eigenvalue weighted by molar-refractivity contribution is 7.91.